The summed E-state index contributed by atoms with van der Waals surface area (Å²) in [6.45, 7) is 4.59. The van der Waals surface area contributed by atoms with E-state index in [1.54, 1.807) is 13.3 Å². The predicted molar refractivity (Wildman–Crippen MR) is 75.4 cm³/mol. The van der Waals surface area contributed by atoms with Crippen LogP contribution in [0.4, 0.5) is 0 Å². The van der Waals surface area contributed by atoms with Crippen LogP contribution in [0.5, 0.6) is 0 Å². The van der Waals surface area contributed by atoms with Crippen LogP contribution in [0.25, 0.3) is 0 Å². The van der Waals surface area contributed by atoms with Crippen LogP contribution in [0.15, 0.2) is 27.8 Å². The third-order valence-electron chi connectivity index (χ3n) is 3.40. The lowest BCUT2D eigenvalue weighted by Gasteiger charge is -2.24. The molecular formula is C14H23N3O2. The van der Waals surface area contributed by atoms with Crippen molar-refractivity contribution in [3.63, 3.8) is 0 Å². The molecule has 2 heterocycles. The molecule has 5 heteroatoms. The molecule has 1 atom stereocenters. The number of nitrogens with zero attached hydrogens (tertiary/aromatic N) is 1. The summed E-state index contributed by atoms with van der Waals surface area (Å²) in [4.78, 5) is 4.21. The van der Waals surface area contributed by atoms with Gasteiger partial charge in [-0.1, -0.05) is 0 Å². The summed E-state index contributed by atoms with van der Waals surface area (Å²) in [6.07, 6.45) is 4.79. The fourth-order valence-electron chi connectivity index (χ4n) is 2.23. The number of nitrogens with one attached hydrogen (secondary N) is 2. The molecule has 1 saturated heterocycles. The Kier molecular flexibility index (Phi) is 4.85. The Morgan fingerprint density at radius 3 is 3.00 bits per heavy atom. The van der Waals surface area contributed by atoms with Crippen LogP contribution in [0.1, 0.15) is 25.5 Å². The molecule has 2 N–H and O–H groups in total. The van der Waals surface area contributed by atoms with Crippen LogP contribution < -0.4 is 10.6 Å². The topological polar surface area (TPSA) is 58.8 Å². The van der Waals surface area contributed by atoms with E-state index in [0.717, 1.165) is 50.7 Å². The van der Waals surface area contributed by atoms with E-state index in [0.29, 0.717) is 0 Å². The minimum Gasteiger partial charge on any atom is -0.469 e. The van der Waals surface area contributed by atoms with E-state index in [1.807, 2.05) is 12.1 Å². The number of aliphatic imine (C=N–C) groups is 1. The Morgan fingerprint density at radius 2 is 2.37 bits per heavy atom. The third kappa shape index (κ3) is 4.28. The van der Waals surface area contributed by atoms with Gasteiger partial charge in [0.05, 0.1) is 11.9 Å². The first kappa shape index (κ1) is 13.9. The maximum Gasteiger partial charge on any atom is 0.191 e. The average Bonchev–Trinajstić information content (AvgIpc) is 3.06. The van der Waals surface area contributed by atoms with Gasteiger partial charge in [0, 0.05) is 33.2 Å². The van der Waals surface area contributed by atoms with Gasteiger partial charge >= 0.3 is 0 Å². The Labute approximate surface area is 114 Å². The molecule has 106 valence electrons. The molecular weight excluding hydrogens is 242 g/mol. The fraction of sp³-hybridized carbons (Fsp3) is 0.643. The lowest BCUT2D eigenvalue weighted by molar-refractivity contribution is 0.0243. The molecule has 1 aromatic rings. The maximum atomic E-state index is 5.74. The highest BCUT2D eigenvalue weighted by Crippen LogP contribution is 2.23. The number of guanidine groups is 1. The molecule has 1 unspecified atom stereocenters. The van der Waals surface area contributed by atoms with E-state index < -0.39 is 0 Å². The van der Waals surface area contributed by atoms with E-state index in [-0.39, 0.29) is 5.60 Å². The van der Waals surface area contributed by atoms with Gasteiger partial charge in [0.15, 0.2) is 5.96 Å². The summed E-state index contributed by atoms with van der Waals surface area (Å²) in [5.41, 5.74) is -0.0569. The standard InChI is InChI=1S/C14H23N3O2/c1-14(7-4-10-19-14)11-17-13(15-2)16-8-6-12-5-3-9-18-12/h3,5,9H,4,6-8,10-11H2,1-2H3,(H2,15,16,17). The van der Waals surface area contributed by atoms with E-state index in [2.05, 4.69) is 22.5 Å². The molecule has 0 bridgehead atoms. The van der Waals surface area contributed by atoms with Gasteiger partial charge < -0.3 is 19.8 Å². The van der Waals surface area contributed by atoms with Crippen molar-refractivity contribution >= 4 is 5.96 Å². The van der Waals surface area contributed by atoms with Gasteiger partial charge in [-0.3, -0.25) is 4.99 Å². The minimum absolute atomic E-state index is 0.0569. The van der Waals surface area contributed by atoms with Crippen LogP contribution in [-0.2, 0) is 11.2 Å². The zero-order valence-corrected chi connectivity index (χ0v) is 11.7. The largest absolute Gasteiger partial charge is 0.469 e. The van der Waals surface area contributed by atoms with Crippen molar-refractivity contribution in [3.8, 4) is 0 Å². The number of hydrogen-bond acceptors (Lipinski definition) is 3. The molecule has 0 saturated carbocycles. The Bertz CT molecular complexity index is 395. The zero-order chi connectivity index (χ0) is 13.6. The maximum absolute atomic E-state index is 5.74. The van der Waals surface area contributed by atoms with Gasteiger partial charge in [0.2, 0.25) is 0 Å². The molecule has 0 spiro atoms. The van der Waals surface area contributed by atoms with Crippen LogP contribution in [0.3, 0.4) is 0 Å². The summed E-state index contributed by atoms with van der Waals surface area (Å²) in [6, 6.07) is 3.88. The first-order valence-corrected chi connectivity index (χ1v) is 6.83. The normalized spacial score (nSPS) is 23.6. The molecule has 0 aliphatic carbocycles. The molecule has 19 heavy (non-hydrogen) atoms. The van der Waals surface area contributed by atoms with Crippen molar-refractivity contribution in [3.05, 3.63) is 24.2 Å². The number of rotatable bonds is 5. The Morgan fingerprint density at radius 1 is 1.47 bits per heavy atom. The first-order chi connectivity index (χ1) is 9.22. The van der Waals surface area contributed by atoms with Crippen molar-refractivity contribution in [2.45, 2.75) is 31.8 Å². The quantitative estimate of drug-likeness (QED) is 0.626. The van der Waals surface area contributed by atoms with Gasteiger partial charge in [-0.05, 0) is 31.9 Å². The highest BCUT2D eigenvalue weighted by molar-refractivity contribution is 5.79. The van der Waals surface area contributed by atoms with Crippen LogP contribution in [0, 0.1) is 0 Å². The molecule has 1 aliphatic rings. The highest BCUT2D eigenvalue weighted by Gasteiger charge is 2.29. The fourth-order valence-corrected chi connectivity index (χ4v) is 2.23. The third-order valence-corrected chi connectivity index (χ3v) is 3.40. The van der Waals surface area contributed by atoms with Crippen LogP contribution >= 0.6 is 0 Å². The monoisotopic (exact) mass is 265 g/mol. The van der Waals surface area contributed by atoms with Gasteiger partial charge in [0.1, 0.15) is 5.76 Å². The van der Waals surface area contributed by atoms with Gasteiger partial charge in [-0.25, -0.2) is 0 Å². The second kappa shape index (κ2) is 6.61. The second-order valence-electron chi connectivity index (χ2n) is 5.08. The molecule has 2 rings (SSSR count). The van der Waals surface area contributed by atoms with Crippen molar-refractivity contribution in [1.29, 1.82) is 0 Å². The van der Waals surface area contributed by atoms with Crippen molar-refractivity contribution in [2.75, 3.05) is 26.7 Å². The predicted octanol–water partition coefficient (Wildman–Crippen LogP) is 1.56. The van der Waals surface area contributed by atoms with Crippen molar-refractivity contribution in [1.82, 2.24) is 10.6 Å². The van der Waals surface area contributed by atoms with Gasteiger partial charge in [-0.15, -0.1) is 0 Å². The number of ether oxygens (including phenoxy) is 1. The van der Waals surface area contributed by atoms with Crippen molar-refractivity contribution < 1.29 is 9.15 Å². The van der Waals surface area contributed by atoms with Crippen LogP contribution in [-0.4, -0.2) is 38.3 Å². The van der Waals surface area contributed by atoms with Gasteiger partial charge in [0.25, 0.3) is 0 Å². The summed E-state index contributed by atoms with van der Waals surface area (Å²) >= 11 is 0. The SMILES string of the molecule is CN=C(NCCc1ccco1)NCC1(C)CCCO1. The molecule has 1 aliphatic heterocycles. The van der Waals surface area contributed by atoms with Gasteiger partial charge in [-0.2, -0.15) is 0 Å². The van der Waals surface area contributed by atoms with E-state index in [9.17, 15) is 0 Å². The number of furan rings is 1. The van der Waals surface area contributed by atoms with E-state index >= 15 is 0 Å². The zero-order valence-electron chi connectivity index (χ0n) is 11.7. The van der Waals surface area contributed by atoms with Crippen LogP contribution in [0.2, 0.25) is 0 Å². The minimum atomic E-state index is -0.0569. The molecule has 0 radical (unpaired) electrons. The first-order valence-electron chi connectivity index (χ1n) is 6.83. The number of hydrogen-bond donors (Lipinski definition) is 2. The lowest BCUT2D eigenvalue weighted by atomic mass is 10.0. The summed E-state index contributed by atoms with van der Waals surface area (Å²) < 4.78 is 11.0. The Hall–Kier alpha value is -1.49. The average molecular weight is 265 g/mol. The highest BCUT2D eigenvalue weighted by atomic mass is 16.5. The second-order valence-corrected chi connectivity index (χ2v) is 5.08. The summed E-state index contributed by atoms with van der Waals surface area (Å²) in [5, 5.41) is 6.59. The smallest absolute Gasteiger partial charge is 0.191 e. The molecule has 0 amide bonds. The molecule has 1 fully saturated rings. The Balaban J connectivity index is 1.68. The molecule has 5 nitrogen and oxygen atoms in total. The molecule has 0 aromatic carbocycles. The van der Waals surface area contributed by atoms with E-state index in [4.69, 9.17) is 9.15 Å². The molecule has 1 aromatic heterocycles. The van der Waals surface area contributed by atoms with E-state index in [1.165, 1.54) is 0 Å². The lowest BCUT2D eigenvalue weighted by Crippen LogP contribution is -2.45. The van der Waals surface area contributed by atoms with Crippen molar-refractivity contribution in [2.24, 2.45) is 4.99 Å². The summed E-state index contributed by atoms with van der Waals surface area (Å²) in [7, 11) is 1.78. The summed E-state index contributed by atoms with van der Waals surface area (Å²) in [5.74, 6) is 1.79.